The molecular formula is C41H51N7O8S. The molecule has 1 saturated carbocycles. The van der Waals surface area contributed by atoms with E-state index >= 15 is 0 Å². The van der Waals surface area contributed by atoms with Gasteiger partial charge >= 0.3 is 6.09 Å². The maximum atomic E-state index is 13.9. The van der Waals surface area contributed by atoms with Gasteiger partial charge in [0.05, 0.1) is 20.3 Å². The van der Waals surface area contributed by atoms with Gasteiger partial charge in [-0.2, -0.15) is 9.52 Å². The third-order valence-electron chi connectivity index (χ3n) is 10.3. The Bertz CT molecular complexity index is 2090. The highest BCUT2D eigenvalue weighted by atomic mass is 32.2. The molecule has 15 nitrogen and oxygen atoms in total. The van der Waals surface area contributed by atoms with Crippen molar-refractivity contribution in [2.45, 2.75) is 69.8 Å². The van der Waals surface area contributed by atoms with Gasteiger partial charge in [0.25, 0.3) is 0 Å². The summed E-state index contributed by atoms with van der Waals surface area (Å²) >= 11 is 0. The molecule has 0 spiro atoms. The zero-order valence-corrected chi connectivity index (χ0v) is 33.6. The number of H-pyrrole nitrogens is 1. The van der Waals surface area contributed by atoms with E-state index in [1.807, 2.05) is 51.1 Å². The van der Waals surface area contributed by atoms with Gasteiger partial charge in [0.1, 0.15) is 22.0 Å². The summed E-state index contributed by atoms with van der Waals surface area (Å²) in [4.78, 5) is 40.0. The summed E-state index contributed by atoms with van der Waals surface area (Å²) in [5, 5.41) is 19.9. The first-order chi connectivity index (χ1) is 27.3. The molecule has 6 rings (SSSR count). The summed E-state index contributed by atoms with van der Waals surface area (Å²) in [6.45, 7) is 7.15. The highest BCUT2D eigenvalue weighted by molar-refractivity contribution is 7.89. The van der Waals surface area contributed by atoms with E-state index in [0.717, 1.165) is 29.5 Å². The summed E-state index contributed by atoms with van der Waals surface area (Å²) in [5.41, 5.74) is 3.06. The molecule has 4 aromatic rings. The lowest BCUT2D eigenvalue weighted by molar-refractivity contribution is -0.129. The minimum Gasteiger partial charge on any atom is -0.495 e. The molecule has 1 aliphatic carbocycles. The number of anilines is 1. The number of aromatic amines is 1. The van der Waals surface area contributed by atoms with Crippen molar-refractivity contribution in [3.8, 4) is 28.3 Å². The number of amides is 2. The van der Waals surface area contributed by atoms with E-state index in [9.17, 15) is 22.8 Å². The van der Waals surface area contributed by atoms with Gasteiger partial charge in [0.15, 0.2) is 0 Å². The average molecular weight is 802 g/mol. The molecule has 2 fully saturated rings. The monoisotopic (exact) mass is 801 g/mol. The smallest absolute Gasteiger partial charge is 0.407 e. The number of sulfonamides is 1. The summed E-state index contributed by atoms with van der Waals surface area (Å²) in [6, 6.07) is 19.8. The second-order valence-corrected chi connectivity index (χ2v) is 17.5. The van der Waals surface area contributed by atoms with Crippen LogP contribution in [0.4, 0.5) is 10.5 Å². The number of methoxy groups -OCH3 is 1. The average Bonchev–Trinajstić information content (AvgIpc) is 3.75. The number of benzene rings is 3. The van der Waals surface area contributed by atoms with Crippen molar-refractivity contribution < 1.29 is 37.0 Å². The molecule has 57 heavy (non-hydrogen) atoms. The van der Waals surface area contributed by atoms with E-state index < -0.39 is 27.6 Å². The second kappa shape index (κ2) is 18.4. The van der Waals surface area contributed by atoms with Gasteiger partial charge in [-0.3, -0.25) is 9.59 Å². The molecule has 1 aromatic heterocycles. The molecule has 2 amide bonds. The molecule has 1 saturated heterocycles. The van der Waals surface area contributed by atoms with Crippen LogP contribution in [0.5, 0.6) is 5.75 Å². The molecule has 1 atom stereocenters. The maximum absolute atomic E-state index is 13.9. The number of tetrazole rings is 1. The lowest BCUT2D eigenvalue weighted by Gasteiger charge is -2.29. The van der Waals surface area contributed by atoms with Crippen molar-refractivity contribution in [1.82, 2.24) is 30.2 Å². The van der Waals surface area contributed by atoms with Crippen molar-refractivity contribution in [1.29, 1.82) is 0 Å². The Morgan fingerprint density at radius 1 is 0.930 bits per heavy atom. The Hall–Kier alpha value is -5.19. The zero-order chi connectivity index (χ0) is 40.6. The summed E-state index contributed by atoms with van der Waals surface area (Å²) < 4.78 is 44.8. The molecule has 1 aliphatic heterocycles. The molecule has 3 N–H and O–H groups in total. The third kappa shape index (κ3) is 11.0. The molecule has 2 aliphatic rings. The van der Waals surface area contributed by atoms with E-state index in [4.69, 9.17) is 14.2 Å². The van der Waals surface area contributed by atoms with Crippen LogP contribution in [0.15, 0.2) is 71.6 Å². The van der Waals surface area contributed by atoms with Gasteiger partial charge in [-0.1, -0.05) is 30.3 Å². The van der Waals surface area contributed by atoms with Gasteiger partial charge < -0.3 is 24.8 Å². The fraction of sp³-hybridized carbons (Fsp3) is 0.463. The predicted molar refractivity (Wildman–Crippen MR) is 213 cm³/mol. The fourth-order valence-electron chi connectivity index (χ4n) is 7.23. The summed E-state index contributed by atoms with van der Waals surface area (Å²) in [5.74, 6) is -0.120. The minimum atomic E-state index is -3.83. The van der Waals surface area contributed by atoms with Crippen LogP contribution >= 0.6 is 0 Å². The first kappa shape index (κ1) is 41.4. The third-order valence-corrected chi connectivity index (χ3v) is 12.3. The minimum absolute atomic E-state index is 0.0463. The van der Waals surface area contributed by atoms with Crippen LogP contribution in [0.1, 0.15) is 58.4 Å². The molecule has 0 unspecified atom stereocenters. The van der Waals surface area contributed by atoms with Gasteiger partial charge in [-0.25, -0.2) is 13.2 Å². The molecule has 3 aromatic carbocycles. The molecule has 304 valence electrons. The Balaban J connectivity index is 1.15. The standard InChI is InChI=1S/C41H51N7O8S/c1-41(2,3)56-40(51)42-26-28-7-11-30(12-8-28)35(49)24-33(39(50)43-34-16-13-31(14-17-34)38-44-46-47-45-38)23-27-5-9-29(10-6-27)32-15-18-36(54-4)37(25-32)57(52,53)48-19-21-55-22-20-48/h5-6,9-10,13-18,25,28,30,33H,7-8,11-12,19-24,26H2,1-4H3,(H,42,51)(H,43,50)(H,44,45,46,47)/t28?,30?,33-/m1/s1. The van der Waals surface area contributed by atoms with Gasteiger partial charge in [0.2, 0.25) is 21.8 Å². The lowest BCUT2D eigenvalue weighted by Crippen LogP contribution is -2.40. The second-order valence-electron chi connectivity index (χ2n) is 15.6. The number of nitrogens with one attached hydrogen (secondary N) is 3. The van der Waals surface area contributed by atoms with Crippen molar-refractivity contribution >= 4 is 33.5 Å². The number of ketones is 1. The van der Waals surface area contributed by atoms with Crippen LogP contribution in [0.2, 0.25) is 0 Å². The molecule has 2 heterocycles. The van der Waals surface area contributed by atoms with Crippen LogP contribution in [0.3, 0.4) is 0 Å². The van der Waals surface area contributed by atoms with E-state index in [0.29, 0.717) is 56.1 Å². The number of ether oxygens (including phenoxy) is 3. The van der Waals surface area contributed by atoms with Crippen LogP contribution < -0.4 is 15.4 Å². The lowest BCUT2D eigenvalue weighted by atomic mass is 9.77. The topological polar surface area (TPSA) is 195 Å². The Morgan fingerprint density at radius 3 is 2.23 bits per heavy atom. The van der Waals surface area contributed by atoms with Gasteiger partial charge in [0, 0.05) is 49.1 Å². The number of morpholine rings is 1. The number of Topliss-reactive ketones (excluding diaryl/α,β-unsaturated/α-hetero) is 1. The van der Waals surface area contributed by atoms with Crippen molar-refractivity contribution in [2.75, 3.05) is 45.3 Å². The van der Waals surface area contributed by atoms with E-state index in [1.54, 1.807) is 36.4 Å². The van der Waals surface area contributed by atoms with E-state index in [-0.39, 0.29) is 53.7 Å². The first-order valence-corrected chi connectivity index (χ1v) is 20.7. The predicted octanol–water partition coefficient (Wildman–Crippen LogP) is 5.65. The Labute approximate surface area is 333 Å². The highest BCUT2D eigenvalue weighted by Gasteiger charge is 2.32. The van der Waals surface area contributed by atoms with Gasteiger partial charge in [-0.15, -0.1) is 10.2 Å². The Morgan fingerprint density at radius 2 is 1.60 bits per heavy atom. The number of aromatic nitrogens is 4. The van der Waals surface area contributed by atoms with Crippen molar-refractivity contribution in [3.05, 3.63) is 72.3 Å². The number of carbonyl (C=O) groups is 3. The summed E-state index contributed by atoms with van der Waals surface area (Å²) in [7, 11) is -2.38. The maximum Gasteiger partial charge on any atom is 0.407 e. The normalized spacial score (nSPS) is 18.3. The number of alkyl carbamates (subject to hydrolysis) is 1. The Kier molecular flexibility index (Phi) is 13.4. The van der Waals surface area contributed by atoms with Crippen molar-refractivity contribution in [3.63, 3.8) is 0 Å². The molecule has 16 heteroatoms. The van der Waals surface area contributed by atoms with Crippen LogP contribution in [-0.4, -0.2) is 96.7 Å². The molecule has 0 bridgehead atoms. The largest absolute Gasteiger partial charge is 0.495 e. The van der Waals surface area contributed by atoms with Gasteiger partial charge in [-0.05, 0) is 117 Å². The number of rotatable bonds is 14. The van der Waals surface area contributed by atoms with Crippen LogP contribution in [-0.2, 0) is 35.5 Å². The first-order valence-electron chi connectivity index (χ1n) is 19.3. The fourth-order valence-corrected chi connectivity index (χ4v) is 8.82. The molecule has 0 radical (unpaired) electrons. The van der Waals surface area contributed by atoms with E-state index in [1.165, 1.54) is 11.4 Å². The number of hydrogen-bond acceptors (Lipinski definition) is 11. The zero-order valence-electron chi connectivity index (χ0n) is 32.8. The van der Waals surface area contributed by atoms with E-state index in [2.05, 4.69) is 31.3 Å². The van der Waals surface area contributed by atoms with Crippen LogP contribution in [0, 0.1) is 17.8 Å². The number of hydrogen-bond donors (Lipinski definition) is 3. The SMILES string of the molecule is COc1ccc(-c2ccc(C[C@H](CC(=O)C3CCC(CNC(=O)OC(C)(C)C)CC3)C(=O)Nc3ccc(-c4nn[nH]n4)cc3)cc2)cc1S(=O)(=O)N1CCOCC1. The van der Waals surface area contributed by atoms with Crippen molar-refractivity contribution in [2.24, 2.45) is 17.8 Å². The summed E-state index contributed by atoms with van der Waals surface area (Å²) in [6.07, 6.45) is 2.89. The van der Waals surface area contributed by atoms with Crippen LogP contribution in [0.25, 0.3) is 22.5 Å². The number of nitrogens with zero attached hydrogens (tertiary/aromatic N) is 4. The number of carbonyl (C=O) groups excluding carboxylic acids is 3. The highest BCUT2D eigenvalue weighted by Crippen LogP contribution is 2.34. The quantitative estimate of drug-likeness (QED) is 0.143. The molecular weight excluding hydrogens is 751 g/mol.